The van der Waals surface area contributed by atoms with Crippen LogP contribution in [0.2, 0.25) is 0 Å². The van der Waals surface area contributed by atoms with E-state index in [2.05, 4.69) is 21.6 Å². The summed E-state index contributed by atoms with van der Waals surface area (Å²) in [5.74, 6) is 2.65. The van der Waals surface area contributed by atoms with Crippen LogP contribution in [-0.2, 0) is 0 Å². The first-order valence-corrected chi connectivity index (χ1v) is 7.12. The van der Waals surface area contributed by atoms with E-state index in [0.717, 1.165) is 16.9 Å². The van der Waals surface area contributed by atoms with Gasteiger partial charge >= 0.3 is 0 Å². The van der Waals surface area contributed by atoms with Crippen LogP contribution >= 0.6 is 11.5 Å². The van der Waals surface area contributed by atoms with Crippen molar-refractivity contribution in [3.63, 3.8) is 0 Å². The Bertz CT molecular complexity index is 316. The minimum absolute atomic E-state index is 0.617. The quantitative estimate of drug-likeness (QED) is 0.871. The Morgan fingerprint density at radius 2 is 2.06 bits per heavy atom. The fourth-order valence-corrected chi connectivity index (χ4v) is 3.22. The van der Waals surface area contributed by atoms with Gasteiger partial charge in [-0.1, -0.05) is 19.8 Å². The van der Waals surface area contributed by atoms with Crippen molar-refractivity contribution in [1.82, 2.24) is 9.36 Å². The minimum atomic E-state index is 0.617. The van der Waals surface area contributed by atoms with Gasteiger partial charge < -0.3 is 5.32 Å². The van der Waals surface area contributed by atoms with Gasteiger partial charge in [-0.25, -0.2) is 4.98 Å². The molecular formula is C12H21N3S. The molecule has 3 nitrogen and oxygen atoms in total. The van der Waals surface area contributed by atoms with Crippen molar-refractivity contribution in [3.8, 4) is 0 Å². The molecule has 1 fully saturated rings. The number of hydrogen-bond acceptors (Lipinski definition) is 4. The first-order chi connectivity index (χ1) is 7.83. The number of hydrogen-bond donors (Lipinski definition) is 1. The van der Waals surface area contributed by atoms with Crippen LogP contribution in [0.5, 0.6) is 0 Å². The van der Waals surface area contributed by atoms with Gasteiger partial charge in [-0.15, -0.1) is 0 Å². The highest BCUT2D eigenvalue weighted by atomic mass is 32.1. The van der Waals surface area contributed by atoms with Crippen LogP contribution in [-0.4, -0.2) is 16.4 Å². The topological polar surface area (TPSA) is 37.8 Å². The third-order valence-electron chi connectivity index (χ3n) is 3.56. The van der Waals surface area contributed by atoms with Gasteiger partial charge in [0.25, 0.3) is 0 Å². The summed E-state index contributed by atoms with van der Waals surface area (Å²) >= 11 is 1.48. The average molecular weight is 239 g/mol. The van der Waals surface area contributed by atoms with E-state index in [-0.39, 0.29) is 0 Å². The lowest BCUT2D eigenvalue weighted by Crippen LogP contribution is -2.14. The Kier molecular flexibility index (Phi) is 4.16. The summed E-state index contributed by atoms with van der Waals surface area (Å²) < 4.78 is 4.45. The molecule has 0 saturated heterocycles. The van der Waals surface area contributed by atoms with Gasteiger partial charge in [-0.05, 0) is 31.6 Å². The number of nitrogens with one attached hydrogen (secondary N) is 1. The van der Waals surface area contributed by atoms with Gasteiger partial charge in [0.15, 0.2) is 0 Å². The second kappa shape index (κ2) is 5.62. The van der Waals surface area contributed by atoms with Gasteiger partial charge in [0.05, 0.1) is 0 Å². The molecule has 1 heterocycles. The van der Waals surface area contributed by atoms with Crippen LogP contribution in [0.1, 0.15) is 57.2 Å². The summed E-state index contributed by atoms with van der Waals surface area (Å²) in [4.78, 5) is 4.52. The molecule has 0 unspecified atom stereocenters. The molecule has 0 spiro atoms. The Morgan fingerprint density at radius 3 is 2.62 bits per heavy atom. The molecule has 0 aromatic carbocycles. The number of aromatic nitrogens is 2. The molecule has 1 saturated carbocycles. The van der Waals surface area contributed by atoms with Crippen molar-refractivity contribution >= 4 is 16.7 Å². The maximum Gasteiger partial charge on any atom is 0.202 e. The van der Waals surface area contributed by atoms with Crippen LogP contribution in [0.15, 0.2) is 0 Å². The molecule has 1 aliphatic carbocycles. The SMILES string of the molecule is CCCC1CCC(c2nsc(NC)n2)CC1. The van der Waals surface area contributed by atoms with E-state index in [0.29, 0.717) is 5.92 Å². The number of rotatable bonds is 4. The third kappa shape index (κ3) is 2.73. The monoisotopic (exact) mass is 239 g/mol. The molecule has 1 aliphatic rings. The van der Waals surface area contributed by atoms with Crippen molar-refractivity contribution in [2.24, 2.45) is 5.92 Å². The summed E-state index contributed by atoms with van der Waals surface area (Å²) in [6.07, 6.45) is 8.03. The molecule has 4 heteroatoms. The second-order valence-corrected chi connectivity index (χ2v) is 5.47. The minimum Gasteiger partial charge on any atom is -0.363 e. The molecule has 90 valence electrons. The van der Waals surface area contributed by atoms with E-state index in [1.54, 1.807) is 0 Å². The highest BCUT2D eigenvalue weighted by Gasteiger charge is 2.24. The largest absolute Gasteiger partial charge is 0.363 e. The van der Waals surface area contributed by atoms with E-state index in [1.165, 1.54) is 50.1 Å². The summed E-state index contributed by atoms with van der Waals surface area (Å²) in [5.41, 5.74) is 0. The molecule has 16 heavy (non-hydrogen) atoms. The number of nitrogens with zero attached hydrogens (tertiary/aromatic N) is 2. The summed E-state index contributed by atoms with van der Waals surface area (Å²) in [6, 6.07) is 0. The van der Waals surface area contributed by atoms with Crippen molar-refractivity contribution < 1.29 is 0 Å². The summed E-state index contributed by atoms with van der Waals surface area (Å²) in [5, 5.41) is 4.01. The maximum absolute atomic E-state index is 4.52. The Balaban J connectivity index is 1.88. The predicted molar refractivity (Wildman–Crippen MR) is 69.1 cm³/mol. The summed E-state index contributed by atoms with van der Waals surface area (Å²) in [7, 11) is 1.91. The standard InChI is InChI=1S/C12H21N3S/c1-3-4-9-5-7-10(8-6-9)11-14-12(13-2)16-15-11/h9-10H,3-8H2,1-2H3,(H,13,14,15). The van der Waals surface area contributed by atoms with Gasteiger partial charge in [-0.3, -0.25) is 0 Å². The van der Waals surface area contributed by atoms with Crippen molar-refractivity contribution in [3.05, 3.63) is 5.82 Å². The van der Waals surface area contributed by atoms with Crippen LogP contribution in [0.4, 0.5) is 5.13 Å². The molecule has 2 rings (SSSR count). The predicted octanol–water partition coefficient (Wildman–Crippen LogP) is 3.65. The smallest absolute Gasteiger partial charge is 0.202 e. The zero-order valence-corrected chi connectivity index (χ0v) is 11.0. The molecule has 0 amide bonds. The lowest BCUT2D eigenvalue weighted by molar-refractivity contribution is 0.303. The Hall–Kier alpha value is -0.640. The van der Waals surface area contributed by atoms with E-state index in [1.807, 2.05) is 7.05 Å². The fourth-order valence-electron chi connectivity index (χ4n) is 2.62. The van der Waals surface area contributed by atoms with Crippen LogP contribution in [0.25, 0.3) is 0 Å². The first kappa shape index (κ1) is 11.8. The molecule has 0 bridgehead atoms. The first-order valence-electron chi connectivity index (χ1n) is 6.34. The van der Waals surface area contributed by atoms with E-state index in [9.17, 15) is 0 Å². The van der Waals surface area contributed by atoms with Gasteiger partial charge in [0.2, 0.25) is 5.13 Å². The van der Waals surface area contributed by atoms with Crippen molar-refractivity contribution in [2.75, 3.05) is 12.4 Å². The Morgan fingerprint density at radius 1 is 1.31 bits per heavy atom. The van der Waals surface area contributed by atoms with E-state index in [4.69, 9.17) is 0 Å². The van der Waals surface area contributed by atoms with Crippen molar-refractivity contribution in [2.45, 2.75) is 51.4 Å². The fraction of sp³-hybridized carbons (Fsp3) is 0.833. The second-order valence-electron chi connectivity index (χ2n) is 4.71. The molecule has 1 aromatic rings. The molecule has 1 aromatic heterocycles. The molecule has 0 aliphatic heterocycles. The lowest BCUT2D eigenvalue weighted by atomic mass is 9.80. The molecule has 1 N–H and O–H groups in total. The van der Waals surface area contributed by atoms with Gasteiger partial charge in [-0.2, -0.15) is 4.37 Å². The van der Waals surface area contributed by atoms with Gasteiger partial charge in [0, 0.05) is 24.5 Å². The van der Waals surface area contributed by atoms with Crippen LogP contribution in [0.3, 0.4) is 0 Å². The van der Waals surface area contributed by atoms with E-state index >= 15 is 0 Å². The Labute approximate surface area is 102 Å². The average Bonchev–Trinajstić information content (AvgIpc) is 2.79. The highest BCUT2D eigenvalue weighted by molar-refractivity contribution is 7.09. The molecular weight excluding hydrogens is 218 g/mol. The van der Waals surface area contributed by atoms with Crippen molar-refractivity contribution in [1.29, 1.82) is 0 Å². The lowest BCUT2D eigenvalue weighted by Gasteiger charge is -2.26. The zero-order valence-electron chi connectivity index (χ0n) is 10.2. The number of anilines is 1. The van der Waals surface area contributed by atoms with Crippen LogP contribution < -0.4 is 5.32 Å². The highest BCUT2D eigenvalue weighted by Crippen LogP contribution is 2.36. The normalized spacial score (nSPS) is 25.6. The third-order valence-corrected chi connectivity index (χ3v) is 4.31. The van der Waals surface area contributed by atoms with Gasteiger partial charge in [0.1, 0.15) is 5.82 Å². The molecule has 0 atom stereocenters. The summed E-state index contributed by atoms with van der Waals surface area (Å²) in [6.45, 7) is 2.28. The van der Waals surface area contributed by atoms with Crippen LogP contribution in [0, 0.1) is 5.92 Å². The van der Waals surface area contributed by atoms with E-state index < -0.39 is 0 Å². The zero-order chi connectivity index (χ0) is 11.4. The maximum atomic E-state index is 4.52. The molecule has 0 radical (unpaired) electrons.